The van der Waals surface area contributed by atoms with Crippen LogP contribution in [0.1, 0.15) is 25.0 Å². The van der Waals surface area contributed by atoms with E-state index in [9.17, 15) is 0 Å². The number of nitrogens with zero attached hydrogens (tertiary/aromatic N) is 1. The van der Waals surface area contributed by atoms with Gasteiger partial charge in [-0.15, -0.1) is 0 Å². The van der Waals surface area contributed by atoms with E-state index in [-0.39, 0.29) is 0 Å². The summed E-state index contributed by atoms with van der Waals surface area (Å²) in [5.74, 6) is 0. The van der Waals surface area contributed by atoms with Crippen LogP contribution in [-0.2, 0) is 0 Å². The molecule has 0 aliphatic heterocycles. The van der Waals surface area contributed by atoms with Crippen LogP contribution in [0.15, 0.2) is 42.0 Å². The van der Waals surface area contributed by atoms with Crippen LogP contribution in [0.25, 0.3) is 6.08 Å². The lowest BCUT2D eigenvalue weighted by Gasteiger charge is -1.91. The minimum Gasteiger partial charge on any atom is -0.192 e. The van der Waals surface area contributed by atoms with E-state index in [0.29, 0.717) is 5.56 Å². The highest BCUT2D eigenvalue weighted by molar-refractivity contribution is 5.52. The summed E-state index contributed by atoms with van der Waals surface area (Å²) in [5, 5.41) is 8.60. The molecule has 1 rings (SSSR count). The number of allylic oxidation sites excluding steroid dienone is 3. The molecule has 0 aliphatic rings. The van der Waals surface area contributed by atoms with Crippen molar-refractivity contribution in [3.8, 4) is 6.07 Å². The Hall–Kier alpha value is -1.81. The van der Waals surface area contributed by atoms with Crippen LogP contribution in [0.3, 0.4) is 0 Å². The summed E-state index contributed by atoms with van der Waals surface area (Å²) in [6.07, 6.45) is 6.09. The molecule has 1 aromatic rings. The molecule has 70 valence electrons. The van der Waals surface area contributed by atoms with Crippen LogP contribution in [0.5, 0.6) is 0 Å². The summed E-state index contributed by atoms with van der Waals surface area (Å²) < 4.78 is 0. The SMILES string of the molecule is CC(C)=C/C=C/c1ccc(C#N)cc1. The summed E-state index contributed by atoms with van der Waals surface area (Å²) in [5.41, 5.74) is 3.08. The first-order chi connectivity index (χ1) is 6.72. The van der Waals surface area contributed by atoms with Crippen LogP contribution in [0, 0.1) is 11.3 Å². The maximum Gasteiger partial charge on any atom is 0.0991 e. The smallest absolute Gasteiger partial charge is 0.0991 e. The second kappa shape index (κ2) is 5.04. The van der Waals surface area contributed by atoms with Crippen LogP contribution >= 0.6 is 0 Å². The molecule has 0 amide bonds. The van der Waals surface area contributed by atoms with Gasteiger partial charge in [0.15, 0.2) is 0 Å². The Kier molecular flexibility index (Phi) is 3.69. The molecule has 0 aromatic heterocycles. The summed E-state index contributed by atoms with van der Waals surface area (Å²) in [7, 11) is 0. The van der Waals surface area contributed by atoms with Gasteiger partial charge >= 0.3 is 0 Å². The molecule has 1 heteroatoms. The van der Waals surface area contributed by atoms with Crippen LogP contribution in [-0.4, -0.2) is 0 Å². The molecular formula is C13H13N. The first kappa shape index (κ1) is 10.3. The molecule has 0 spiro atoms. The maximum atomic E-state index is 8.60. The minimum atomic E-state index is 0.698. The molecule has 0 radical (unpaired) electrons. The molecule has 0 fully saturated rings. The third-order valence-electron chi connectivity index (χ3n) is 1.76. The van der Waals surface area contributed by atoms with Crippen molar-refractivity contribution in [1.82, 2.24) is 0 Å². The van der Waals surface area contributed by atoms with Gasteiger partial charge in [-0.05, 0) is 31.5 Å². The van der Waals surface area contributed by atoms with Gasteiger partial charge in [0.1, 0.15) is 0 Å². The van der Waals surface area contributed by atoms with Crippen LogP contribution < -0.4 is 0 Å². The number of hydrogen-bond acceptors (Lipinski definition) is 1. The molecule has 0 saturated heterocycles. The predicted octanol–water partition coefficient (Wildman–Crippen LogP) is 3.54. The quantitative estimate of drug-likeness (QED) is 0.643. The fraction of sp³-hybridized carbons (Fsp3) is 0.154. The van der Waals surface area contributed by atoms with Gasteiger partial charge in [0, 0.05) is 0 Å². The monoisotopic (exact) mass is 183 g/mol. The highest BCUT2D eigenvalue weighted by Crippen LogP contribution is 2.05. The molecule has 0 heterocycles. The fourth-order valence-corrected chi connectivity index (χ4v) is 1.02. The Morgan fingerprint density at radius 3 is 2.36 bits per heavy atom. The van der Waals surface area contributed by atoms with E-state index in [1.807, 2.05) is 36.4 Å². The second-order valence-corrected chi connectivity index (χ2v) is 3.34. The summed E-state index contributed by atoms with van der Waals surface area (Å²) in [6, 6.07) is 9.61. The molecular weight excluding hydrogens is 170 g/mol. The molecule has 14 heavy (non-hydrogen) atoms. The van der Waals surface area contributed by atoms with E-state index >= 15 is 0 Å². The first-order valence-electron chi connectivity index (χ1n) is 4.54. The van der Waals surface area contributed by atoms with Gasteiger partial charge in [-0.2, -0.15) is 5.26 Å². The van der Waals surface area contributed by atoms with Gasteiger partial charge in [-0.1, -0.05) is 35.9 Å². The molecule has 0 aliphatic carbocycles. The van der Waals surface area contributed by atoms with Crippen molar-refractivity contribution in [2.45, 2.75) is 13.8 Å². The topological polar surface area (TPSA) is 23.8 Å². The highest BCUT2D eigenvalue weighted by atomic mass is 14.2. The largest absolute Gasteiger partial charge is 0.192 e. The fourth-order valence-electron chi connectivity index (χ4n) is 1.02. The maximum absolute atomic E-state index is 8.60. The molecule has 1 nitrogen and oxygen atoms in total. The molecule has 1 aromatic carbocycles. The van der Waals surface area contributed by atoms with Crippen molar-refractivity contribution in [3.05, 3.63) is 53.1 Å². The van der Waals surface area contributed by atoms with Crippen molar-refractivity contribution in [2.24, 2.45) is 0 Å². The van der Waals surface area contributed by atoms with Crippen LogP contribution in [0.2, 0.25) is 0 Å². The van der Waals surface area contributed by atoms with Gasteiger partial charge in [0.05, 0.1) is 11.6 Å². The lowest BCUT2D eigenvalue weighted by molar-refractivity contribution is 1.40. The first-order valence-corrected chi connectivity index (χ1v) is 4.54. The van der Waals surface area contributed by atoms with E-state index in [2.05, 4.69) is 26.0 Å². The lowest BCUT2D eigenvalue weighted by atomic mass is 10.1. The summed E-state index contributed by atoms with van der Waals surface area (Å²) in [4.78, 5) is 0. The van der Waals surface area contributed by atoms with E-state index in [0.717, 1.165) is 5.56 Å². The number of benzene rings is 1. The molecule has 0 atom stereocenters. The normalized spacial score (nSPS) is 9.79. The molecule has 0 unspecified atom stereocenters. The third kappa shape index (κ3) is 3.28. The standard InChI is InChI=1S/C13H13N/c1-11(2)4-3-5-12-6-8-13(10-14)9-7-12/h3-9H,1-2H3/b5-3+. The van der Waals surface area contributed by atoms with E-state index < -0.39 is 0 Å². The number of hydrogen-bond donors (Lipinski definition) is 0. The van der Waals surface area contributed by atoms with Gasteiger partial charge < -0.3 is 0 Å². The van der Waals surface area contributed by atoms with Crippen molar-refractivity contribution in [3.63, 3.8) is 0 Å². The van der Waals surface area contributed by atoms with Crippen LogP contribution in [0.4, 0.5) is 0 Å². The van der Waals surface area contributed by atoms with Crippen molar-refractivity contribution < 1.29 is 0 Å². The zero-order valence-electron chi connectivity index (χ0n) is 8.49. The second-order valence-electron chi connectivity index (χ2n) is 3.34. The zero-order valence-corrected chi connectivity index (χ0v) is 8.49. The Bertz CT molecular complexity index is 384. The van der Waals surface area contributed by atoms with Gasteiger partial charge in [0.25, 0.3) is 0 Å². The minimum absolute atomic E-state index is 0.698. The van der Waals surface area contributed by atoms with Gasteiger partial charge in [-0.25, -0.2) is 0 Å². The zero-order chi connectivity index (χ0) is 10.4. The average molecular weight is 183 g/mol. The lowest BCUT2D eigenvalue weighted by Crippen LogP contribution is -1.74. The van der Waals surface area contributed by atoms with Crippen molar-refractivity contribution in [2.75, 3.05) is 0 Å². The van der Waals surface area contributed by atoms with E-state index in [1.165, 1.54) is 5.57 Å². The Labute approximate surface area is 85.0 Å². The van der Waals surface area contributed by atoms with Gasteiger partial charge in [-0.3, -0.25) is 0 Å². The average Bonchev–Trinajstić information content (AvgIpc) is 2.18. The Balaban J connectivity index is 2.75. The number of nitriles is 1. The summed E-state index contributed by atoms with van der Waals surface area (Å²) in [6.45, 7) is 4.12. The Morgan fingerprint density at radius 1 is 1.21 bits per heavy atom. The van der Waals surface area contributed by atoms with Gasteiger partial charge in [0.2, 0.25) is 0 Å². The van der Waals surface area contributed by atoms with Crippen molar-refractivity contribution >= 4 is 6.08 Å². The third-order valence-corrected chi connectivity index (χ3v) is 1.76. The predicted molar refractivity (Wildman–Crippen MR) is 59.6 cm³/mol. The summed E-state index contributed by atoms with van der Waals surface area (Å²) >= 11 is 0. The van der Waals surface area contributed by atoms with E-state index in [4.69, 9.17) is 5.26 Å². The highest BCUT2D eigenvalue weighted by Gasteiger charge is 1.88. The Morgan fingerprint density at radius 2 is 1.86 bits per heavy atom. The van der Waals surface area contributed by atoms with Crippen molar-refractivity contribution in [1.29, 1.82) is 5.26 Å². The molecule has 0 saturated carbocycles. The number of rotatable bonds is 2. The van der Waals surface area contributed by atoms with E-state index in [1.54, 1.807) is 0 Å². The molecule has 0 N–H and O–H groups in total. The molecule has 0 bridgehead atoms.